The van der Waals surface area contributed by atoms with Crippen LogP contribution in [-0.4, -0.2) is 31.1 Å². The van der Waals surface area contributed by atoms with E-state index in [0.29, 0.717) is 23.3 Å². The molecule has 27 heavy (non-hydrogen) atoms. The van der Waals surface area contributed by atoms with E-state index in [1.807, 2.05) is 12.1 Å². The number of fused-ring (bicyclic) bond motifs is 1. The summed E-state index contributed by atoms with van der Waals surface area (Å²) in [7, 11) is 1.55. The van der Waals surface area contributed by atoms with Crippen molar-refractivity contribution < 1.29 is 14.3 Å². The van der Waals surface area contributed by atoms with Gasteiger partial charge in [-0.15, -0.1) is 11.3 Å². The molecule has 1 aromatic carbocycles. The number of amides is 2. The van der Waals surface area contributed by atoms with Crippen LogP contribution in [0.15, 0.2) is 24.3 Å². The molecule has 2 amide bonds. The minimum Gasteiger partial charge on any atom is -0.369 e. The second-order valence-corrected chi connectivity index (χ2v) is 8.90. The molecule has 0 bridgehead atoms. The molecule has 146 valence electrons. The Morgan fingerprint density at radius 1 is 1.22 bits per heavy atom. The maximum absolute atomic E-state index is 12.2. The fourth-order valence-electron chi connectivity index (χ4n) is 3.85. The first-order chi connectivity index (χ1) is 12.8. The van der Waals surface area contributed by atoms with Gasteiger partial charge in [-0.05, 0) is 68.4 Å². The molecule has 0 saturated heterocycles. The normalized spacial score (nSPS) is 20.6. The zero-order chi connectivity index (χ0) is 19.6. The number of nitrogens with one attached hydrogen (secondary N) is 1. The summed E-state index contributed by atoms with van der Waals surface area (Å²) < 4.78 is 6.35. The molecule has 6 heteroatoms. The van der Waals surface area contributed by atoms with Gasteiger partial charge >= 0.3 is 0 Å². The van der Waals surface area contributed by atoms with Crippen molar-refractivity contribution in [2.75, 3.05) is 13.7 Å². The Morgan fingerprint density at radius 2 is 1.89 bits per heavy atom. The van der Waals surface area contributed by atoms with Crippen molar-refractivity contribution in [2.24, 2.45) is 11.7 Å². The third-order valence-electron chi connectivity index (χ3n) is 5.72. The summed E-state index contributed by atoms with van der Waals surface area (Å²) in [6.45, 7) is 4.21. The lowest BCUT2D eigenvalue weighted by Crippen LogP contribution is -2.45. The van der Waals surface area contributed by atoms with E-state index in [-0.39, 0.29) is 11.8 Å². The molecule has 3 N–H and O–H groups in total. The lowest BCUT2D eigenvalue weighted by molar-refractivity contribution is -0.139. The van der Waals surface area contributed by atoms with E-state index >= 15 is 0 Å². The summed E-state index contributed by atoms with van der Waals surface area (Å²) in [6.07, 6.45) is 4.08. The molecule has 0 spiro atoms. The highest BCUT2D eigenvalue weighted by Crippen LogP contribution is 2.43. The number of hydrogen-bond donors (Lipinski definition) is 2. The van der Waals surface area contributed by atoms with Gasteiger partial charge in [0.2, 0.25) is 0 Å². The quantitative estimate of drug-likeness (QED) is 0.789. The molecule has 0 radical (unpaired) electrons. The average molecular weight is 389 g/mol. The van der Waals surface area contributed by atoms with E-state index in [9.17, 15) is 9.59 Å². The largest absolute Gasteiger partial charge is 0.369 e. The van der Waals surface area contributed by atoms with Gasteiger partial charge in [0.1, 0.15) is 5.60 Å². The summed E-state index contributed by atoms with van der Waals surface area (Å²) in [4.78, 5) is 24.8. The fourth-order valence-corrected chi connectivity index (χ4v) is 4.99. The molecule has 1 aromatic heterocycles. The van der Waals surface area contributed by atoms with Gasteiger partial charge in [0.15, 0.2) is 0 Å². The smallest absolute Gasteiger partial charge is 0.259 e. The minimum absolute atomic E-state index is 0.0769. The van der Waals surface area contributed by atoms with E-state index in [4.69, 9.17) is 10.5 Å². The average Bonchev–Trinajstić information content (AvgIpc) is 3.06. The fraction of sp³-hybridized carbons (Fsp3) is 0.524. The lowest BCUT2D eigenvalue weighted by atomic mass is 9.77. The van der Waals surface area contributed by atoms with Gasteiger partial charge in [0, 0.05) is 18.4 Å². The third kappa shape index (κ3) is 4.17. The molecule has 1 aliphatic carbocycles. The number of thiophene rings is 1. The predicted molar refractivity (Wildman–Crippen MR) is 109 cm³/mol. The molecular weight excluding hydrogens is 360 g/mol. The Labute approximate surface area is 164 Å². The van der Waals surface area contributed by atoms with Crippen molar-refractivity contribution in [1.29, 1.82) is 0 Å². The number of benzene rings is 1. The molecule has 0 atom stereocenters. The first kappa shape index (κ1) is 19.8. The molecule has 2 aromatic rings. The highest BCUT2D eigenvalue weighted by Gasteiger charge is 2.30. The van der Waals surface area contributed by atoms with Crippen LogP contribution in [0.25, 0.3) is 10.1 Å². The molecule has 3 rings (SSSR count). The summed E-state index contributed by atoms with van der Waals surface area (Å²) in [6, 6.07) is 8.15. The molecule has 1 fully saturated rings. The van der Waals surface area contributed by atoms with Crippen molar-refractivity contribution >= 4 is 33.2 Å². The topological polar surface area (TPSA) is 81.4 Å². The van der Waals surface area contributed by atoms with Crippen LogP contribution in [0.4, 0.5) is 0 Å². The van der Waals surface area contributed by atoms with Crippen LogP contribution in [0.1, 0.15) is 60.7 Å². The molecule has 1 aliphatic rings. The van der Waals surface area contributed by atoms with Gasteiger partial charge in [-0.25, -0.2) is 0 Å². The lowest BCUT2D eigenvalue weighted by Gasteiger charge is -2.30. The Hall–Kier alpha value is -1.92. The number of nitrogens with two attached hydrogens (primary N) is 1. The summed E-state index contributed by atoms with van der Waals surface area (Å²) >= 11 is 1.50. The molecule has 5 nitrogen and oxygen atoms in total. The van der Waals surface area contributed by atoms with Crippen LogP contribution < -0.4 is 11.1 Å². The number of hydrogen-bond acceptors (Lipinski definition) is 4. The number of carbonyl (C=O) groups excluding carboxylic acids is 2. The van der Waals surface area contributed by atoms with Crippen LogP contribution in [0, 0.1) is 5.92 Å². The minimum atomic E-state index is -0.802. The van der Waals surface area contributed by atoms with Gasteiger partial charge in [-0.3, -0.25) is 9.59 Å². The number of rotatable bonds is 6. The second kappa shape index (κ2) is 7.98. The van der Waals surface area contributed by atoms with E-state index in [0.717, 1.165) is 41.3 Å². The first-order valence-corrected chi connectivity index (χ1v) is 10.3. The first-order valence-electron chi connectivity index (χ1n) is 9.48. The van der Waals surface area contributed by atoms with E-state index in [2.05, 4.69) is 17.4 Å². The van der Waals surface area contributed by atoms with Crippen molar-refractivity contribution in [3.05, 3.63) is 34.7 Å². The van der Waals surface area contributed by atoms with Gasteiger partial charge in [0.05, 0.1) is 4.88 Å². The Morgan fingerprint density at radius 3 is 2.52 bits per heavy atom. The Kier molecular flexibility index (Phi) is 5.86. The number of ether oxygens (including phenoxy) is 1. The van der Waals surface area contributed by atoms with Gasteiger partial charge in [-0.2, -0.15) is 0 Å². The maximum Gasteiger partial charge on any atom is 0.259 e. The van der Waals surface area contributed by atoms with Crippen LogP contribution in [-0.2, 0) is 9.53 Å². The van der Waals surface area contributed by atoms with Crippen LogP contribution >= 0.6 is 11.3 Å². The monoisotopic (exact) mass is 388 g/mol. The highest BCUT2D eigenvalue weighted by molar-refractivity contribution is 7.21. The number of methoxy groups -OCH3 is 1. The maximum atomic E-state index is 12.2. The second-order valence-electron chi connectivity index (χ2n) is 7.85. The van der Waals surface area contributed by atoms with Gasteiger partial charge in [0.25, 0.3) is 11.8 Å². The Bertz CT molecular complexity index is 835. The van der Waals surface area contributed by atoms with Crippen molar-refractivity contribution in [3.63, 3.8) is 0 Å². The van der Waals surface area contributed by atoms with Gasteiger partial charge in [-0.1, -0.05) is 18.2 Å². The zero-order valence-electron chi connectivity index (χ0n) is 16.2. The van der Waals surface area contributed by atoms with E-state index in [1.165, 1.54) is 11.3 Å². The SMILES string of the molecule is COC(C)(C)C(=O)NCC1CCC(c2c(C(N)=O)sc3ccccc23)CC1. The van der Waals surface area contributed by atoms with Crippen molar-refractivity contribution in [2.45, 2.75) is 51.0 Å². The van der Waals surface area contributed by atoms with E-state index < -0.39 is 5.60 Å². The standard InChI is InChI=1S/C21H28N2O3S/c1-21(2,26-3)20(25)23-12-13-8-10-14(11-9-13)17-15-6-4-5-7-16(15)27-18(17)19(22)24/h4-7,13-14H,8-12H2,1-3H3,(H2,22,24)(H,23,25). The molecule has 0 aliphatic heterocycles. The third-order valence-corrected chi connectivity index (χ3v) is 6.92. The Balaban J connectivity index is 1.66. The number of primary amides is 1. The summed E-state index contributed by atoms with van der Waals surface area (Å²) in [5, 5.41) is 4.18. The van der Waals surface area contributed by atoms with Crippen LogP contribution in [0.3, 0.4) is 0 Å². The van der Waals surface area contributed by atoms with Crippen LogP contribution in [0.2, 0.25) is 0 Å². The summed E-state index contributed by atoms with van der Waals surface area (Å²) in [5.41, 5.74) is 5.99. The van der Waals surface area contributed by atoms with Crippen molar-refractivity contribution in [3.8, 4) is 0 Å². The molecule has 1 heterocycles. The zero-order valence-corrected chi connectivity index (χ0v) is 17.0. The van der Waals surface area contributed by atoms with Crippen LogP contribution in [0.5, 0.6) is 0 Å². The predicted octanol–water partition coefficient (Wildman–Crippen LogP) is 3.82. The molecular formula is C21H28N2O3S. The summed E-state index contributed by atoms with van der Waals surface area (Å²) in [5.74, 6) is 0.403. The van der Waals surface area contributed by atoms with Gasteiger partial charge < -0.3 is 15.8 Å². The number of carbonyl (C=O) groups is 2. The highest BCUT2D eigenvalue weighted by atomic mass is 32.1. The molecule has 0 unspecified atom stereocenters. The molecule has 1 saturated carbocycles. The van der Waals surface area contributed by atoms with E-state index in [1.54, 1.807) is 21.0 Å². The van der Waals surface area contributed by atoms with Crippen molar-refractivity contribution in [1.82, 2.24) is 5.32 Å².